The number of aryl methyl sites for hydroxylation is 1. The molecule has 8 aromatic carbocycles. The molecule has 0 radical (unpaired) electrons. The summed E-state index contributed by atoms with van der Waals surface area (Å²) in [4.78, 5) is 15.3. The molecule has 0 saturated heterocycles. The SMILES string of the molecule is CC1(C)c2ccccc2-c2cc3c(cc21)CCC(c1ccccc1)c1ccc(-c2ccc4sc5cccc(-c6nc(-c7ccccc7)nc(-c7ccccc7)n6)c5c4c2)cc1-3. The number of aromatic nitrogens is 3. The minimum atomic E-state index is -0.0398. The zero-order chi connectivity index (χ0) is 40.7. The first-order chi connectivity index (χ1) is 30.0. The average Bonchev–Trinajstić information content (AvgIpc) is 3.74. The minimum Gasteiger partial charge on any atom is -0.208 e. The number of hydrogen-bond donors (Lipinski definition) is 0. The molecule has 0 spiro atoms. The molecule has 290 valence electrons. The molecule has 12 rings (SSSR count). The van der Waals surface area contributed by atoms with Gasteiger partial charge in [0, 0.05) is 48.2 Å². The topological polar surface area (TPSA) is 38.7 Å². The van der Waals surface area contributed by atoms with E-state index in [1.165, 1.54) is 81.4 Å². The molecule has 1 atom stereocenters. The molecular formula is C57H41N3S. The zero-order valence-corrected chi connectivity index (χ0v) is 34.9. The van der Waals surface area contributed by atoms with Crippen molar-refractivity contribution in [2.24, 2.45) is 0 Å². The van der Waals surface area contributed by atoms with Crippen molar-refractivity contribution in [1.82, 2.24) is 15.0 Å². The van der Waals surface area contributed by atoms with Crippen LogP contribution < -0.4 is 0 Å². The highest BCUT2D eigenvalue weighted by atomic mass is 32.1. The van der Waals surface area contributed by atoms with Crippen LogP contribution in [0.2, 0.25) is 0 Å². The Bertz CT molecular complexity index is 3270. The fraction of sp³-hybridized carbons (Fsp3) is 0.105. The van der Waals surface area contributed by atoms with Crippen LogP contribution in [-0.4, -0.2) is 15.0 Å². The number of fused-ring (bicyclic) bond motifs is 9. The smallest absolute Gasteiger partial charge is 0.164 e. The summed E-state index contributed by atoms with van der Waals surface area (Å²) in [6.07, 6.45) is 2.10. The molecule has 0 saturated carbocycles. The maximum Gasteiger partial charge on any atom is 0.164 e. The molecule has 2 aliphatic rings. The van der Waals surface area contributed by atoms with Crippen LogP contribution in [0.4, 0.5) is 0 Å². The van der Waals surface area contributed by atoms with E-state index in [9.17, 15) is 0 Å². The fourth-order valence-corrected chi connectivity index (χ4v) is 11.2. The van der Waals surface area contributed by atoms with E-state index in [-0.39, 0.29) is 5.41 Å². The number of benzene rings is 8. The molecule has 1 unspecified atom stereocenters. The lowest BCUT2D eigenvalue weighted by atomic mass is 9.81. The second-order valence-corrected chi connectivity index (χ2v) is 18.1. The molecule has 4 heteroatoms. The lowest BCUT2D eigenvalue weighted by Crippen LogP contribution is -2.15. The van der Waals surface area contributed by atoms with E-state index in [0.717, 1.165) is 29.5 Å². The van der Waals surface area contributed by atoms with Gasteiger partial charge in [-0.1, -0.05) is 166 Å². The van der Waals surface area contributed by atoms with Crippen molar-refractivity contribution in [2.45, 2.75) is 38.0 Å². The van der Waals surface area contributed by atoms with E-state index in [1.54, 1.807) is 0 Å². The van der Waals surface area contributed by atoms with E-state index in [1.807, 2.05) is 47.7 Å². The second-order valence-electron chi connectivity index (χ2n) is 17.1. The van der Waals surface area contributed by atoms with Crippen molar-refractivity contribution in [3.05, 3.63) is 210 Å². The maximum absolute atomic E-state index is 5.16. The van der Waals surface area contributed by atoms with Crippen LogP contribution in [0.3, 0.4) is 0 Å². The Morgan fingerprint density at radius 3 is 1.85 bits per heavy atom. The third kappa shape index (κ3) is 5.89. The van der Waals surface area contributed by atoms with Crippen molar-refractivity contribution < 1.29 is 0 Å². The van der Waals surface area contributed by atoms with Crippen molar-refractivity contribution in [3.8, 4) is 67.5 Å². The largest absolute Gasteiger partial charge is 0.208 e. The van der Waals surface area contributed by atoms with Gasteiger partial charge >= 0.3 is 0 Å². The van der Waals surface area contributed by atoms with Gasteiger partial charge in [0.05, 0.1) is 0 Å². The minimum absolute atomic E-state index is 0.0398. The first kappa shape index (κ1) is 35.9. The predicted octanol–water partition coefficient (Wildman–Crippen LogP) is 15.0. The molecule has 0 bridgehead atoms. The summed E-state index contributed by atoms with van der Waals surface area (Å²) in [5, 5.41) is 2.39. The molecule has 0 fully saturated rings. The normalized spacial score (nSPS) is 14.9. The predicted molar refractivity (Wildman–Crippen MR) is 254 cm³/mol. The summed E-state index contributed by atoms with van der Waals surface area (Å²) < 4.78 is 2.46. The van der Waals surface area contributed by atoms with Gasteiger partial charge in [-0.25, -0.2) is 15.0 Å². The van der Waals surface area contributed by atoms with Crippen molar-refractivity contribution in [3.63, 3.8) is 0 Å². The zero-order valence-electron chi connectivity index (χ0n) is 34.1. The van der Waals surface area contributed by atoms with Gasteiger partial charge in [-0.3, -0.25) is 0 Å². The molecule has 2 aliphatic carbocycles. The molecule has 0 amide bonds. The summed E-state index contributed by atoms with van der Waals surface area (Å²) in [6, 6.07) is 66.4. The highest BCUT2D eigenvalue weighted by Gasteiger charge is 2.37. The van der Waals surface area contributed by atoms with Crippen molar-refractivity contribution in [2.75, 3.05) is 0 Å². The van der Waals surface area contributed by atoms with Gasteiger partial charge in [0.1, 0.15) is 0 Å². The Morgan fingerprint density at radius 1 is 0.459 bits per heavy atom. The highest BCUT2D eigenvalue weighted by Crippen LogP contribution is 2.53. The molecule has 10 aromatic rings. The summed E-state index contributed by atoms with van der Waals surface area (Å²) in [5.41, 5.74) is 17.8. The Labute approximate surface area is 360 Å². The Morgan fingerprint density at radius 2 is 1.10 bits per heavy atom. The third-order valence-corrected chi connectivity index (χ3v) is 14.3. The molecular weight excluding hydrogens is 759 g/mol. The molecule has 2 heterocycles. The number of rotatable bonds is 5. The lowest BCUT2D eigenvalue weighted by molar-refractivity contribution is 0.657. The van der Waals surface area contributed by atoms with E-state index >= 15 is 0 Å². The summed E-state index contributed by atoms with van der Waals surface area (Å²) >= 11 is 1.82. The average molecular weight is 800 g/mol. The third-order valence-electron chi connectivity index (χ3n) is 13.2. The molecule has 0 aliphatic heterocycles. The second kappa shape index (κ2) is 14.0. The first-order valence-electron chi connectivity index (χ1n) is 21.3. The maximum atomic E-state index is 5.16. The number of hydrogen-bond acceptors (Lipinski definition) is 4. The molecule has 0 N–H and O–H groups in total. The molecule has 3 nitrogen and oxygen atoms in total. The van der Waals surface area contributed by atoms with Gasteiger partial charge < -0.3 is 0 Å². The van der Waals surface area contributed by atoms with Crippen LogP contribution in [0.25, 0.3) is 87.7 Å². The van der Waals surface area contributed by atoms with Gasteiger partial charge in [-0.05, 0) is 104 Å². The molecule has 61 heavy (non-hydrogen) atoms. The lowest BCUT2D eigenvalue weighted by Gasteiger charge is -2.23. The summed E-state index contributed by atoms with van der Waals surface area (Å²) in [7, 11) is 0. The van der Waals surface area contributed by atoms with Gasteiger partial charge in [0.2, 0.25) is 0 Å². The van der Waals surface area contributed by atoms with Crippen LogP contribution in [0.15, 0.2) is 182 Å². The standard InChI is InChI=1S/C57H41N3S/c1-57(2)49-23-13-12-21-43(49)47-34-45-40(33-50(47)57)26-28-41(35-15-6-3-7-16-35)42-29-25-38(31-46(42)45)39-27-30-51-48(32-39)53-44(22-14-24-52(53)61-51)56-59-54(36-17-8-4-9-18-36)58-55(60-56)37-19-10-5-11-20-37/h3-25,27,29-34,41H,26,28H2,1-2H3. The van der Waals surface area contributed by atoms with Crippen LogP contribution in [0.5, 0.6) is 0 Å². The van der Waals surface area contributed by atoms with E-state index in [4.69, 9.17) is 15.0 Å². The van der Waals surface area contributed by atoms with Gasteiger partial charge in [-0.2, -0.15) is 0 Å². The quantitative estimate of drug-likeness (QED) is 0.174. The Hall–Kier alpha value is -7.01. The van der Waals surface area contributed by atoms with Crippen LogP contribution in [0, 0.1) is 0 Å². The Kier molecular flexibility index (Phi) is 8.26. The fourth-order valence-electron chi connectivity index (χ4n) is 10.1. The van der Waals surface area contributed by atoms with Gasteiger partial charge in [0.25, 0.3) is 0 Å². The highest BCUT2D eigenvalue weighted by molar-refractivity contribution is 7.26. The summed E-state index contributed by atoms with van der Waals surface area (Å²) in [6.45, 7) is 4.78. The van der Waals surface area contributed by atoms with E-state index < -0.39 is 0 Å². The van der Waals surface area contributed by atoms with Gasteiger partial charge in [0.15, 0.2) is 17.5 Å². The van der Waals surface area contributed by atoms with Crippen LogP contribution in [-0.2, 0) is 11.8 Å². The summed E-state index contributed by atoms with van der Waals surface area (Å²) in [5.74, 6) is 2.31. The van der Waals surface area contributed by atoms with Crippen molar-refractivity contribution >= 4 is 31.5 Å². The van der Waals surface area contributed by atoms with Gasteiger partial charge in [-0.15, -0.1) is 11.3 Å². The monoisotopic (exact) mass is 799 g/mol. The Balaban J connectivity index is 1.04. The molecule has 2 aromatic heterocycles. The number of thiophene rings is 1. The number of nitrogens with zero attached hydrogens (tertiary/aromatic N) is 3. The van der Waals surface area contributed by atoms with E-state index in [2.05, 4.69) is 159 Å². The van der Waals surface area contributed by atoms with Crippen LogP contribution in [0.1, 0.15) is 54.0 Å². The van der Waals surface area contributed by atoms with Crippen LogP contribution >= 0.6 is 11.3 Å². The van der Waals surface area contributed by atoms with E-state index in [0.29, 0.717) is 23.4 Å². The first-order valence-corrected chi connectivity index (χ1v) is 22.1. The van der Waals surface area contributed by atoms with Crippen molar-refractivity contribution in [1.29, 1.82) is 0 Å².